The third-order valence-corrected chi connectivity index (χ3v) is 2.87. The second-order valence-electron chi connectivity index (χ2n) is 4.34. The summed E-state index contributed by atoms with van der Waals surface area (Å²) in [6.45, 7) is 5.26. The number of nitrogens with zero attached hydrogens (tertiary/aromatic N) is 3. The average molecular weight is 224 g/mol. The highest BCUT2D eigenvalue weighted by Crippen LogP contribution is 2.10. The van der Waals surface area contributed by atoms with Gasteiger partial charge in [0.25, 0.3) is 0 Å². The summed E-state index contributed by atoms with van der Waals surface area (Å²) in [7, 11) is 0. The lowest BCUT2D eigenvalue weighted by Gasteiger charge is -2.02. The molecule has 4 heteroatoms. The number of hydrogen-bond acceptors (Lipinski definition) is 3. The van der Waals surface area contributed by atoms with E-state index in [0.717, 1.165) is 18.7 Å². The molecule has 1 aromatic heterocycles. The maximum Gasteiger partial charge on any atom is 0.0993 e. The van der Waals surface area contributed by atoms with E-state index < -0.39 is 0 Å². The van der Waals surface area contributed by atoms with Gasteiger partial charge in [0.2, 0.25) is 0 Å². The molecule has 4 nitrogen and oxygen atoms in total. The molecule has 92 valence electrons. The van der Waals surface area contributed by atoms with Gasteiger partial charge < -0.3 is 5.73 Å². The van der Waals surface area contributed by atoms with Crippen molar-refractivity contribution in [3.8, 4) is 0 Å². The van der Waals surface area contributed by atoms with E-state index in [4.69, 9.17) is 5.73 Å². The van der Waals surface area contributed by atoms with Gasteiger partial charge in [-0.2, -0.15) is 0 Å². The van der Waals surface area contributed by atoms with Gasteiger partial charge in [-0.3, -0.25) is 4.68 Å². The van der Waals surface area contributed by atoms with E-state index >= 15 is 0 Å². The van der Waals surface area contributed by atoms with E-state index in [9.17, 15) is 0 Å². The molecule has 0 saturated carbocycles. The van der Waals surface area contributed by atoms with Gasteiger partial charge in [0, 0.05) is 6.54 Å². The summed E-state index contributed by atoms with van der Waals surface area (Å²) in [5.41, 5.74) is 6.80. The number of rotatable bonds is 8. The van der Waals surface area contributed by atoms with E-state index in [1.165, 1.54) is 32.1 Å². The first-order valence-corrected chi connectivity index (χ1v) is 6.43. The smallest absolute Gasteiger partial charge is 0.0993 e. The summed E-state index contributed by atoms with van der Waals surface area (Å²) in [5, 5.41) is 8.18. The van der Waals surface area contributed by atoms with Crippen molar-refractivity contribution in [1.82, 2.24) is 15.0 Å². The number of unbranched alkanes of at least 4 members (excludes halogenated alkanes) is 4. The maximum atomic E-state index is 5.89. The summed E-state index contributed by atoms with van der Waals surface area (Å²) in [4.78, 5) is 0. The molecule has 0 aliphatic carbocycles. The molecule has 0 fully saturated rings. The van der Waals surface area contributed by atoms with Crippen LogP contribution in [0, 0.1) is 0 Å². The Labute approximate surface area is 98.2 Å². The highest BCUT2D eigenvalue weighted by Gasteiger charge is 2.07. The van der Waals surface area contributed by atoms with Crippen molar-refractivity contribution in [2.75, 3.05) is 0 Å². The van der Waals surface area contributed by atoms with Gasteiger partial charge in [-0.15, -0.1) is 5.10 Å². The predicted octanol–water partition coefficient (Wildman–Crippen LogP) is 2.66. The van der Waals surface area contributed by atoms with Gasteiger partial charge in [-0.1, -0.05) is 44.7 Å². The van der Waals surface area contributed by atoms with Crippen LogP contribution < -0.4 is 5.73 Å². The van der Waals surface area contributed by atoms with E-state index in [1.54, 1.807) is 0 Å². The Bertz CT molecular complexity index is 282. The fraction of sp³-hybridized carbons (Fsp3) is 0.833. The van der Waals surface area contributed by atoms with E-state index in [1.807, 2.05) is 10.9 Å². The molecule has 0 bridgehead atoms. The standard InChI is InChI=1S/C12H24N4/c1-3-5-6-7-8-9-16-10-12(14-15-16)11(13)4-2/h10-11H,3-9,13H2,1-2H3. The Balaban J connectivity index is 2.24. The molecule has 1 atom stereocenters. The first-order chi connectivity index (χ1) is 7.77. The normalized spacial score (nSPS) is 12.9. The summed E-state index contributed by atoms with van der Waals surface area (Å²) in [6, 6.07) is 0.0360. The van der Waals surface area contributed by atoms with Crippen molar-refractivity contribution < 1.29 is 0 Å². The molecule has 0 aromatic carbocycles. The molecule has 1 rings (SSSR count). The maximum absolute atomic E-state index is 5.89. The third-order valence-electron chi connectivity index (χ3n) is 2.87. The minimum absolute atomic E-state index is 0.0360. The van der Waals surface area contributed by atoms with Crippen LogP contribution in [0.4, 0.5) is 0 Å². The summed E-state index contributed by atoms with van der Waals surface area (Å²) in [5.74, 6) is 0. The van der Waals surface area contributed by atoms with E-state index in [2.05, 4.69) is 24.2 Å². The quantitative estimate of drug-likeness (QED) is 0.691. The van der Waals surface area contributed by atoms with Crippen LogP contribution in [-0.4, -0.2) is 15.0 Å². The van der Waals surface area contributed by atoms with Gasteiger partial charge in [0.1, 0.15) is 0 Å². The molecule has 0 radical (unpaired) electrons. The highest BCUT2D eigenvalue weighted by atomic mass is 15.4. The van der Waals surface area contributed by atoms with E-state index in [-0.39, 0.29) is 6.04 Å². The molecule has 0 amide bonds. The number of aromatic nitrogens is 3. The Morgan fingerprint density at radius 3 is 2.69 bits per heavy atom. The van der Waals surface area contributed by atoms with Crippen LogP contribution in [0.1, 0.15) is 64.1 Å². The Morgan fingerprint density at radius 1 is 1.25 bits per heavy atom. The van der Waals surface area contributed by atoms with Gasteiger partial charge in [0.05, 0.1) is 17.9 Å². The highest BCUT2D eigenvalue weighted by molar-refractivity contribution is 4.98. The van der Waals surface area contributed by atoms with Crippen LogP contribution in [0.15, 0.2) is 6.20 Å². The van der Waals surface area contributed by atoms with Crippen LogP contribution in [0.3, 0.4) is 0 Å². The van der Waals surface area contributed by atoms with Crippen molar-refractivity contribution in [3.63, 3.8) is 0 Å². The Morgan fingerprint density at radius 2 is 2.00 bits per heavy atom. The average Bonchev–Trinajstić information content (AvgIpc) is 2.76. The van der Waals surface area contributed by atoms with Crippen molar-refractivity contribution >= 4 is 0 Å². The predicted molar refractivity (Wildman–Crippen MR) is 66.0 cm³/mol. The van der Waals surface area contributed by atoms with Crippen LogP contribution >= 0.6 is 0 Å². The first-order valence-electron chi connectivity index (χ1n) is 6.43. The largest absolute Gasteiger partial charge is 0.323 e. The molecule has 1 unspecified atom stereocenters. The zero-order valence-corrected chi connectivity index (χ0v) is 10.5. The van der Waals surface area contributed by atoms with Crippen LogP contribution in [0.2, 0.25) is 0 Å². The zero-order chi connectivity index (χ0) is 11.8. The monoisotopic (exact) mass is 224 g/mol. The van der Waals surface area contributed by atoms with Gasteiger partial charge in [-0.05, 0) is 12.8 Å². The lowest BCUT2D eigenvalue weighted by molar-refractivity contribution is 0.521. The minimum Gasteiger partial charge on any atom is -0.323 e. The lowest BCUT2D eigenvalue weighted by atomic mass is 10.1. The molecule has 1 heterocycles. The molecule has 16 heavy (non-hydrogen) atoms. The van der Waals surface area contributed by atoms with Crippen LogP contribution in [-0.2, 0) is 6.54 Å². The fourth-order valence-electron chi connectivity index (χ4n) is 1.68. The van der Waals surface area contributed by atoms with Crippen molar-refractivity contribution in [1.29, 1.82) is 0 Å². The second kappa shape index (κ2) is 7.39. The van der Waals surface area contributed by atoms with E-state index in [0.29, 0.717) is 0 Å². The Kier molecular flexibility index (Phi) is 6.08. The SMILES string of the molecule is CCCCCCCn1cc(C(N)CC)nn1. The molecule has 2 N–H and O–H groups in total. The Hall–Kier alpha value is -0.900. The van der Waals surface area contributed by atoms with Gasteiger partial charge in [-0.25, -0.2) is 0 Å². The molecule has 0 saturated heterocycles. The fourth-order valence-corrected chi connectivity index (χ4v) is 1.68. The van der Waals surface area contributed by atoms with Gasteiger partial charge in [0.15, 0.2) is 0 Å². The summed E-state index contributed by atoms with van der Waals surface area (Å²) < 4.78 is 1.91. The van der Waals surface area contributed by atoms with Crippen molar-refractivity contribution in [2.45, 2.75) is 65.0 Å². The van der Waals surface area contributed by atoms with Gasteiger partial charge >= 0.3 is 0 Å². The topological polar surface area (TPSA) is 56.7 Å². The van der Waals surface area contributed by atoms with Crippen molar-refractivity contribution in [2.24, 2.45) is 5.73 Å². The minimum atomic E-state index is 0.0360. The number of hydrogen-bond donors (Lipinski definition) is 1. The molecule has 1 aromatic rings. The zero-order valence-electron chi connectivity index (χ0n) is 10.5. The molecular formula is C12H24N4. The number of aryl methyl sites for hydroxylation is 1. The number of nitrogens with two attached hydrogens (primary N) is 1. The summed E-state index contributed by atoms with van der Waals surface area (Å²) >= 11 is 0. The van der Waals surface area contributed by atoms with Crippen LogP contribution in [0.5, 0.6) is 0 Å². The summed E-state index contributed by atoms with van der Waals surface area (Å²) in [6.07, 6.45) is 9.31. The molecular weight excluding hydrogens is 200 g/mol. The van der Waals surface area contributed by atoms with Crippen molar-refractivity contribution in [3.05, 3.63) is 11.9 Å². The lowest BCUT2D eigenvalue weighted by Crippen LogP contribution is -2.08. The first kappa shape index (κ1) is 13.2. The van der Waals surface area contributed by atoms with Crippen LogP contribution in [0.25, 0.3) is 0 Å². The molecule has 0 aliphatic heterocycles. The molecule has 0 spiro atoms. The third kappa shape index (κ3) is 4.31. The molecule has 0 aliphatic rings. The second-order valence-corrected chi connectivity index (χ2v) is 4.34.